The minimum atomic E-state index is -0.516. The molecule has 0 amide bonds. The molecule has 4 nitrogen and oxygen atoms in total. The summed E-state index contributed by atoms with van der Waals surface area (Å²) in [5, 5.41) is 15.0. The molecule has 0 aliphatic rings. The number of carbonyl (C=O) groups is 1. The van der Waals surface area contributed by atoms with Crippen molar-refractivity contribution in [2.45, 2.75) is 20.8 Å². The van der Waals surface area contributed by atoms with Crippen molar-refractivity contribution in [3.8, 4) is 5.75 Å². The van der Waals surface area contributed by atoms with Gasteiger partial charge < -0.3 is 15.2 Å². The average molecular weight is 291 g/mol. The first kappa shape index (κ1) is 14.4. The summed E-state index contributed by atoms with van der Waals surface area (Å²) >= 11 is 1.27. The number of carbonyl (C=O) groups excluding carboxylic acids is 1. The summed E-state index contributed by atoms with van der Waals surface area (Å²) in [5.41, 5.74) is 3.43. The van der Waals surface area contributed by atoms with E-state index in [1.165, 1.54) is 22.3 Å². The molecule has 0 spiro atoms. The Hall–Kier alpha value is -2.01. The van der Waals surface area contributed by atoms with E-state index >= 15 is 0 Å². The highest BCUT2D eigenvalue weighted by Crippen LogP contribution is 2.36. The molecular formula is C15H17NO3S. The first-order chi connectivity index (χ1) is 9.52. The van der Waals surface area contributed by atoms with Crippen LogP contribution in [0.15, 0.2) is 23.6 Å². The van der Waals surface area contributed by atoms with E-state index in [2.05, 4.69) is 5.32 Å². The van der Waals surface area contributed by atoms with Crippen LogP contribution in [0.3, 0.4) is 0 Å². The van der Waals surface area contributed by atoms with E-state index in [4.69, 9.17) is 4.74 Å². The van der Waals surface area contributed by atoms with Crippen LogP contribution in [-0.4, -0.2) is 17.7 Å². The van der Waals surface area contributed by atoms with Gasteiger partial charge in [0.05, 0.1) is 6.61 Å². The highest BCUT2D eigenvalue weighted by molar-refractivity contribution is 7.15. The maximum Gasteiger partial charge on any atom is 0.344 e. The number of rotatable bonds is 4. The number of hydrogen-bond donors (Lipinski definition) is 2. The Bertz CT molecular complexity index is 634. The molecule has 0 radical (unpaired) electrons. The first-order valence-corrected chi connectivity index (χ1v) is 7.22. The van der Waals surface area contributed by atoms with Gasteiger partial charge in [-0.15, -0.1) is 11.3 Å². The van der Waals surface area contributed by atoms with Crippen LogP contribution in [0.25, 0.3) is 0 Å². The van der Waals surface area contributed by atoms with Gasteiger partial charge in [0.1, 0.15) is 16.3 Å². The largest absolute Gasteiger partial charge is 0.506 e. The van der Waals surface area contributed by atoms with Crippen LogP contribution in [0.2, 0.25) is 0 Å². The van der Waals surface area contributed by atoms with E-state index < -0.39 is 5.97 Å². The molecule has 1 aromatic heterocycles. The number of hydrogen-bond acceptors (Lipinski definition) is 5. The predicted molar refractivity (Wildman–Crippen MR) is 81.1 cm³/mol. The molecule has 0 atom stereocenters. The molecule has 0 aliphatic carbocycles. The molecule has 5 heteroatoms. The van der Waals surface area contributed by atoms with Gasteiger partial charge in [-0.2, -0.15) is 0 Å². The monoisotopic (exact) mass is 291 g/mol. The van der Waals surface area contributed by atoms with E-state index in [0.717, 1.165) is 11.3 Å². The lowest BCUT2D eigenvalue weighted by atomic mass is 10.1. The highest BCUT2D eigenvalue weighted by Gasteiger charge is 2.20. The Morgan fingerprint density at radius 3 is 2.75 bits per heavy atom. The second-order valence-corrected chi connectivity index (χ2v) is 5.35. The lowest BCUT2D eigenvalue weighted by Gasteiger charge is -2.09. The number of ether oxygens (including phenoxy) is 1. The lowest BCUT2D eigenvalue weighted by molar-refractivity contribution is 0.0525. The molecule has 0 saturated carbocycles. The van der Waals surface area contributed by atoms with Crippen molar-refractivity contribution in [3.05, 3.63) is 40.3 Å². The number of aromatic hydroxyl groups is 1. The SMILES string of the molecule is CCOC(=O)c1c(O)csc1Nc1ccc(C)c(C)c1. The molecule has 1 heterocycles. The normalized spacial score (nSPS) is 10.3. The third-order valence-corrected chi connectivity index (χ3v) is 3.90. The zero-order valence-electron chi connectivity index (χ0n) is 11.7. The van der Waals surface area contributed by atoms with Gasteiger partial charge in [-0.25, -0.2) is 4.79 Å². The summed E-state index contributed by atoms with van der Waals surface area (Å²) in [7, 11) is 0. The fourth-order valence-corrected chi connectivity index (χ4v) is 2.62. The second-order valence-electron chi connectivity index (χ2n) is 4.47. The maximum absolute atomic E-state index is 11.8. The van der Waals surface area contributed by atoms with Gasteiger partial charge in [0.25, 0.3) is 0 Å². The van der Waals surface area contributed by atoms with Crippen LogP contribution in [-0.2, 0) is 4.74 Å². The van der Waals surface area contributed by atoms with E-state index in [-0.39, 0.29) is 17.9 Å². The van der Waals surface area contributed by atoms with Crippen molar-refractivity contribution >= 4 is 28.0 Å². The van der Waals surface area contributed by atoms with Gasteiger partial charge in [0.15, 0.2) is 0 Å². The maximum atomic E-state index is 11.8. The minimum Gasteiger partial charge on any atom is -0.506 e. The van der Waals surface area contributed by atoms with Crippen molar-refractivity contribution in [1.29, 1.82) is 0 Å². The summed E-state index contributed by atoms with van der Waals surface area (Å²) < 4.78 is 4.96. The number of benzene rings is 1. The number of nitrogens with one attached hydrogen (secondary N) is 1. The Balaban J connectivity index is 2.29. The Morgan fingerprint density at radius 1 is 1.35 bits per heavy atom. The van der Waals surface area contributed by atoms with Gasteiger partial charge in [-0.05, 0) is 44.0 Å². The van der Waals surface area contributed by atoms with Crippen LogP contribution >= 0.6 is 11.3 Å². The smallest absolute Gasteiger partial charge is 0.344 e. The summed E-state index contributed by atoms with van der Waals surface area (Å²) in [6, 6.07) is 5.95. The zero-order chi connectivity index (χ0) is 14.7. The molecule has 106 valence electrons. The standard InChI is InChI=1S/C15H17NO3S/c1-4-19-15(18)13-12(17)8-20-14(13)16-11-6-5-9(2)10(3)7-11/h5-8,16-17H,4H2,1-3H3. The molecule has 2 N–H and O–H groups in total. The fraction of sp³-hybridized carbons (Fsp3) is 0.267. The molecule has 0 fully saturated rings. The van der Waals surface area contributed by atoms with Gasteiger partial charge in [0, 0.05) is 11.1 Å². The molecule has 2 aromatic rings. The fourth-order valence-electron chi connectivity index (χ4n) is 1.79. The average Bonchev–Trinajstić information content (AvgIpc) is 2.75. The van der Waals surface area contributed by atoms with Crippen LogP contribution < -0.4 is 5.32 Å². The van der Waals surface area contributed by atoms with Gasteiger partial charge in [0.2, 0.25) is 0 Å². The molecule has 2 rings (SSSR count). The minimum absolute atomic E-state index is 0.0558. The van der Waals surface area contributed by atoms with Crippen molar-refractivity contribution in [2.75, 3.05) is 11.9 Å². The van der Waals surface area contributed by atoms with Crippen molar-refractivity contribution in [2.24, 2.45) is 0 Å². The first-order valence-electron chi connectivity index (χ1n) is 6.34. The zero-order valence-corrected chi connectivity index (χ0v) is 12.5. The second kappa shape index (κ2) is 5.96. The Labute approximate surface area is 122 Å². The summed E-state index contributed by atoms with van der Waals surface area (Å²) in [4.78, 5) is 11.8. The van der Waals surface area contributed by atoms with Gasteiger partial charge >= 0.3 is 5.97 Å². The number of aryl methyl sites for hydroxylation is 2. The Morgan fingerprint density at radius 2 is 2.10 bits per heavy atom. The molecule has 0 aliphatic heterocycles. The summed E-state index contributed by atoms with van der Waals surface area (Å²) in [6.07, 6.45) is 0. The van der Waals surface area contributed by atoms with Crippen LogP contribution in [0, 0.1) is 13.8 Å². The molecule has 0 bridgehead atoms. The third-order valence-electron chi connectivity index (χ3n) is 3.02. The van der Waals surface area contributed by atoms with Gasteiger partial charge in [-0.1, -0.05) is 6.07 Å². The molecule has 0 unspecified atom stereocenters. The van der Waals surface area contributed by atoms with E-state index in [1.54, 1.807) is 6.92 Å². The van der Waals surface area contributed by atoms with Crippen LogP contribution in [0.1, 0.15) is 28.4 Å². The number of esters is 1. The summed E-state index contributed by atoms with van der Waals surface area (Å²) in [6.45, 7) is 6.08. The number of thiophene rings is 1. The van der Waals surface area contributed by atoms with Crippen LogP contribution in [0.4, 0.5) is 10.7 Å². The van der Waals surface area contributed by atoms with E-state index in [9.17, 15) is 9.90 Å². The van der Waals surface area contributed by atoms with E-state index in [0.29, 0.717) is 5.00 Å². The van der Waals surface area contributed by atoms with Crippen LogP contribution in [0.5, 0.6) is 5.75 Å². The Kier molecular flexibility index (Phi) is 4.29. The summed E-state index contributed by atoms with van der Waals surface area (Å²) in [5.74, 6) is -0.572. The number of anilines is 2. The lowest BCUT2D eigenvalue weighted by Crippen LogP contribution is -2.06. The van der Waals surface area contributed by atoms with E-state index in [1.807, 2.05) is 32.0 Å². The molecular weight excluding hydrogens is 274 g/mol. The highest BCUT2D eigenvalue weighted by atomic mass is 32.1. The van der Waals surface area contributed by atoms with Crippen molar-refractivity contribution in [3.63, 3.8) is 0 Å². The quantitative estimate of drug-likeness (QED) is 0.836. The molecule has 1 aromatic carbocycles. The third kappa shape index (κ3) is 2.93. The predicted octanol–water partition coefficient (Wildman–Crippen LogP) is 3.99. The van der Waals surface area contributed by atoms with Crippen molar-refractivity contribution in [1.82, 2.24) is 0 Å². The molecule has 0 saturated heterocycles. The molecule has 20 heavy (non-hydrogen) atoms. The van der Waals surface area contributed by atoms with Gasteiger partial charge in [-0.3, -0.25) is 0 Å². The van der Waals surface area contributed by atoms with Crippen molar-refractivity contribution < 1.29 is 14.6 Å². The topological polar surface area (TPSA) is 58.6 Å².